The van der Waals surface area contributed by atoms with Gasteiger partial charge in [-0.3, -0.25) is 4.79 Å². The molecule has 0 aliphatic carbocycles. The lowest BCUT2D eigenvalue weighted by molar-refractivity contribution is -0.144. The van der Waals surface area contributed by atoms with Gasteiger partial charge < -0.3 is 14.2 Å². The Kier molecular flexibility index (Phi) is 4.05. The van der Waals surface area contributed by atoms with E-state index in [2.05, 4.69) is 16.0 Å². The highest BCUT2D eigenvalue weighted by Gasteiger charge is 2.55. The number of esters is 1. The number of carbonyl (C=O) groups is 1. The number of aromatic nitrogens is 1. The van der Waals surface area contributed by atoms with Crippen LogP contribution < -0.4 is 4.90 Å². The SMILES string of the molecule is COC(=O)C(c1onc(N2CC3(CB(C#N)C3)C2)c1Cl)C(C)C. The Labute approximate surface area is 140 Å². The van der Waals surface area contributed by atoms with Gasteiger partial charge in [0, 0.05) is 19.1 Å². The van der Waals surface area contributed by atoms with Crippen LogP contribution in [0.3, 0.4) is 0 Å². The van der Waals surface area contributed by atoms with Crippen molar-refractivity contribution in [3.8, 4) is 5.97 Å². The molecule has 23 heavy (non-hydrogen) atoms. The number of methoxy groups -OCH3 is 1. The van der Waals surface area contributed by atoms with E-state index in [9.17, 15) is 4.79 Å². The number of nitriles is 1. The second kappa shape index (κ2) is 5.75. The quantitative estimate of drug-likeness (QED) is 0.621. The number of hydrogen-bond donors (Lipinski definition) is 0. The largest absolute Gasteiger partial charge is 0.468 e. The molecule has 122 valence electrons. The molecular weight excluding hydrogens is 316 g/mol. The first-order valence-corrected chi connectivity index (χ1v) is 8.16. The highest BCUT2D eigenvalue weighted by molar-refractivity contribution is 6.70. The standard InChI is InChI=1S/C15H19BClN3O3/c1-9(2)10(14(21)22-3)12-11(17)13(19-23-12)20-6-15(7-20)4-16(5-15)8-18/h9-10H,4-7H2,1-3H3. The zero-order valence-corrected chi connectivity index (χ0v) is 14.3. The molecule has 1 unspecified atom stereocenters. The van der Waals surface area contributed by atoms with Gasteiger partial charge in [-0.2, -0.15) is 0 Å². The minimum absolute atomic E-state index is 0.00787. The van der Waals surface area contributed by atoms with Gasteiger partial charge in [0.25, 0.3) is 6.71 Å². The molecule has 0 amide bonds. The Balaban J connectivity index is 1.74. The first-order chi connectivity index (χ1) is 10.9. The van der Waals surface area contributed by atoms with E-state index in [4.69, 9.17) is 26.1 Å². The molecule has 0 N–H and O–H groups in total. The first kappa shape index (κ1) is 16.2. The third-order valence-corrected chi connectivity index (χ3v) is 5.30. The smallest absolute Gasteiger partial charge is 0.316 e. The molecule has 6 nitrogen and oxygen atoms in total. The fraction of sp³-hybridized carbons (Fsp3) is 0.667. The van der Waals surface area contributed by atoms with E-state index < -0.39 is 5.92 Å². The van der Waals surface area contributed by atoms with E-state index in [0.717, 1.165) is 25.7 Å². The van der Waals surface area contributed by atoms with Crippen molar-refractivity contribution < 1.29 is 14.1 Å². The molecule has 8 heteroatoms. The highest BCUT2D eigenvalue weighted by atomic mass is 35.5. The molecule has 0 aromatic carbocycles. The lowest BCUT2D eigenvalue weighted by Crippen LogP contribution is -2.64. The van der Waals surface area contributed by atoms with E-state index in [1.54, 1.807) is 0 Å². The number of ether oxygens (including phenoxy) is 1. The number of halogens is 1. The van der Waals surface area contributed by atoms with Crippen molar-refractivity contribution in [3.63, 3.8) is 0 Å². The minimum atomic E-state index is -0.560. The summed E-state index contributed by atoms with van der Waals surface area (Å²) in [6.07, 6.45) is 1.89. The van der Waals surface area contributed by atoms with Crippen molar-refractivity contribution >= 4 is 30.1 Å². The molecule has 1 aromatic heterocycles. The molecule has 1 spiro atoms. The van der Waals surface area contributed by atoms with Crippen LogP contribution in [0.4, 0.5) is 5.82 Å². The Morgan fingerprint density at radius 1 is 1.52 bits per heavy atom. The summed E-state index contributed by atoms with van der Waals surface area (Å²) in [4.78, 5) is 14.0. The third-order valence-electron chi connectivity index (χ3n) is 4.94. The van der Waals surface area contributed by atoms with Crippen LogP contribution in [0.1, 0.15) is 25.5 Å². The Bertz CT molecular complexity index is 655. The summed E-state index contributed by atoms with van der Waals surface area (Å²) in [7, 11) is 1.35. The van der Waals surface area contributed by atoms with Gasteiger partial charge in [0.15, 0.2) is 11.6 Å². The number of rotatable bonds is 4. The average Bonchev–Trinajstić information content (AvgIpc) is 2.78. The van der Waals surface area contributed by atoms with E-state index in [0.29, 0.717) is 16.6 Å². The first-order valence-electron chi connectivity index (χ1n) is 7.78. The van der Waals surface area contributed by atoms with Gasteiger partial charge in [-0.25, -0.2) is 5.26 Å². The van der Waals surface area contributed by atoms with Gasteiger partial charge in [-0.15, -0.1) is 0 Å². The molecule has 2 aliphatic heterocycles. The summed E-state index contributed by atoms with van der Waals surface area (Å²) in [5.41, 5.74) is 0.239. The minimum Gasteiger partial charge on any atom is -0.468 e. The van der Waals surface area contributed by atoms with E-state index in [1.165, 1.54) is 7.11 Å². The van der Waals surface area contributed by atoms with Crippen LogP contribution in [0.5, 0.6) is 0 Å². The van der Waals surface area contributed by atoms with Crippen LogP contribution in [0.15, 0.2) is 4.52 Å². The van der Waals surface area contributed by atoms with Gasteiger partial charge in [-0.05, 0) is 11.3 Å². The molecule has 0 saturated carbocycles. The maximum absolute atomic E-state index is 12.0. The Morgan fingerprint density at radius 2 is 2.17 bits per heavy atom. The van der Waals surface area contributed by atoms with Crippen LogP contribution >= 0.6 is 11.6 Å². The fourth-order valence-electron chi connectivity index (χ4n) is 3.73. The molecule has 3 heterocycles. The summed E-state index contributed by atoms with van der Waals surface area (Å²) in [6.45, 7) is 5.68. The third kappa shape index (κ3) is 2.59. The van der Waals surface area contributed by atoms with Gasteiger partial charge in [0.05, 0.1) is 7.11 Å². The number of hydrogen-bond acceptors (Lipinski definition) is 6. The van der Waals surface area contributed by atoms with Crippen molar-refractivity contribution in [2.24, 2.45) is 11.3 Å². The van der Waals surface area contributed by atoms with Crippen LogP contribution in [0.25, 0.3) is 0 Å². The maximum Gasteiger partial charge on any atom is 0.316 e. The lowest BCUT2D eigenvalue weighted by atomic mass is 9.26. The van der Waals surface area contributed by atoms with Crippen molar-refractivity contribution in [2.75, 3.05) is 25.1 Å². The van der Waals surface area contributed by atoms with Crippen LogP contribution in [-0.2, 0) is 9.53 Å². The van der Waals surface area contributed by atoms with Crippen LogP contribution in [0.2, 0.25) is 17.7 Å². The van der Waals surface area contributed by atoms with Gasteiger partial charge in [0.2, 0.25) is 0 Å². The maximum atomic E-state index is 12.0. The van der Waals surface area contributed by atoms with Gasteiger partial charge >= 0.3 is 5.97 Å². The van der Waals surface area contributed by atoms with E-state index in [-0.39, 0.29) is 24.0 Å². The summed E-state index contributed by atoms with van der Waals surface area (Å²) < 4.78 is 10.2. The van der Waals surface area contributed by atoms with Crippen molar-refractivity contribution in [3.05, 3.63) is 10.8 Å². The highest BCUT2D eigenvalue weighted by Crippen LogP contribution is 2.51. The summed E-state index contributed by atoms with van der Waals surface area (Å²) >= 11 is 6.42. The molecule has 2 aliphatic rings. The molecular formula is C15H19BClN3O3. The molecule has 2 saturated heterocycles. The Morgan fingerprint density at radius 3 is 2.70 bits per heavy atom. The second-order valence-electron chi connectivity index (χ2n) is 7.02. The number of nitrogens with zero attached hydrogens (tertiary/aromatic N) is 3. The van der Waals surface area contributed by atoms with Crippen molar-refractivity contribution in [1.82, 2.24) is 5.16 Å². The molecule has 0 radical (unpaired) electrons. The monoisotopic (exact) mass is 335 g/mol. The van der Waals surface area contributed by atoms with Crippen molar-refractivity contribution in [2.45, 2.75) is 32.4 Å². The predicted octanol–water partition coefficient (Wildman–Crippen LogP) is 2.62. The summed E-state index contributed by atoms with van der Waals surface area (Å²) in [5.74, 6) is 2.32. The predicted molar refractivity (Wildman–Crippen MR) is 86.7 cm³/mol. The van der Waals surface area contributed by atoms with Gasteiger partial charge in [0.1, 0.15) is 10.9 Å². The van der Waals surface area contributed by atoms with Crippen molar-refractivity contribution in [1.29, 1.82) is 5.26 Å². The summed E-state index contributed by atoms with van der Waals surface area (Å²) in [5, 5.41) is 13.4. The fourth-order valence-corrected chi connectivity index (χ4v) is 4.04. The number of carbonyl (C=O) groups excluding carboxylic acids is 1. The topological polar surface area (TPSA) is 79.4 Å². The summed E-state index contributed by atoms with van der Waals surface area (Å²) in [6, 6.07) is 0. The second-order valence-corrected chi connectivity index (χ2v) is 7.40. The molecule has 0 bridgehead atoms. The molecule has 2 fully saturated rings. The van der Waals surface area contributed by atoms with E-state index >= 15 is 0 Å². The average molecular weight is 336 g/mol. The van der Waals surface area contributed by atoms with E-state index in [1.807, 2.05) is 13.8 Å². The van der Waals surface area contributed by atoms with Crippen LogP contribution in [0, 0.1) is 22.6 Å². The molecule has 3 rings (SSSR count). The lowest BCUT2D eigenvalue weighted by Gasteiger charge is -2.57. The normalized spacial score (nSPS) is 20.0. The molecule has 1 atom stereocenters. The Hall–Kier alpha value is -1.68. The van der Waals surface area contributed by atoms with Crippen LogP contribution in [-0.4, -0.2) is 38.0 Å². The zero-order chi connectivity index (χ0) is 16.8. The van der Waals surface area contributed by atoms with Gasteiger partial charge in [-0.1, -0.05) is 43.2 Å². The number of anilines is 1. The molecule has 1 aromatic rings. The zero-order valence-electron chi connectivity index (χ0n) is 13.5.